The summed E-state index contributed by atoms with van der Waals surface area (Å²) >= 11 is 1.32. The van der Waals surface area contributed by atoms with E-state index in [9.17, 15) is 13.2 Å². The number of benzene rings is 1. The summed E-state index contributed by atoms with van der Waals surface area (Å²) < 4.78 is 46.3. The van der Waals surface area contributed by atoms with E-state index >= 15 is 0 Å². The molecule has 2 rings (SSSR count). The number of methoxy groups -OCH3 is 1. The van der Waals surface area contributed by atoms with Crippen LogP contribution in [0.3, 0.4) is 0 Å². The molecule has 0 aliphatic heterocycles. The van der Waals surface area contributed by atoms with E-state index in [1.54, 1.807) is 17.5 Å². The van der Waals surface area contributed by atoms with Gasteiger partial charge in [-0.2, -0.15) is 0 Å². The molecule has 1 aromatic heterocycles. The molecule has 0 radical (unpaired) electrons. The standard InChI is InChI=1S/C13H12F3NO2S/c1-18-10-6-7-20-12(10)11(17)8-4-2-3-5-9(8)19-13(14,15)16/h2-7,11H,17H2,1H3. The highest BCUT2D eigenvalue weighted by molar-refractivity contribution is 7.10. The second-order valence-corrected chi connectivity index (χ2v) is 4.86. The van der Waals surface area contributed by atoms with Crippen molar-refractivity contribution in [3.63, 3.8) is 0 Å². The van der Waals surface area contributed by atoms with Crippen molar-refractivity contribution < 1.29 is 22.6 Å². The molecule has 3 nitrogen and oxygen atoms in total. The zero-order valence-corrected chi connectivity index (χ0v) is 11.3. The Labute approximate surface area is 117 Å². The summed E-state index contributed by atoms with van der Waals surface area (Å²) in [4.78, 5) is 0.644. The van der Waals surface area contributed by atoms with Crippen molar-refractivity contribution in [3.05, 3.63) is 46.2 Å². The second kappa shape index (κ2) is 5.72. The highest BCUT2D eigenvalue weighted by Gasteiger charge is 2.33. The Morgan fingerprint density at radius 1 is 1.15 bits per heavy atom. The van der Waals surface area contributed by atoms with Crippen LogP contribution in [0.1, 0.15) is 16.5 Å². The molecule has 0 saturated carbocycles. The van der Waals surface area contributed by atoms with Gasteiger partial charge < -0.3 is 15.2 Å². The van der Waals surface area contributed by atoms with Crippen LogP contribution in [0.5, 0.6) is 11.5 Å². The molecule has 2 N–H and O–H groups in total. The first-order valence-electron chi connectivity index (χ1n) is 5.64. The zero-order chi connectivity index (χ0) is 14.8. The van der Waals surface area contributed by atoms with Crippen molar-refractivity contribution in [2.24, 2.45) is 5.73 Å². The first-order valence-corrected chi connectivity index (χ1v) is 6.52. The third kappa shape index (κ3) is 3.23. The first kappa shape index (κ1) is 14.7. The number of hydrogen-bond acceptors (Lipinski definition) is 4. The molecule has 0 fully saturated rings. The Hall–Kier alpha value is -1.73. The van der Waals surface area contributed by atoms with Gasteiger partial charge in [-0.15, -0.1) is 24.5 Å². The lowest BCUT2D eigenvalue weighted by molar-refractivity contribution is -0.274. The molecule has 0 spiro atoms. The lowest BCUT2D eigenvalue weighted by Crippen LogP contribution is -2.20. The molecule has 1 unspecified atom stereocenters. The third-order valence-corrected chi connectivity index (χ3v) is 3.62. The number of ether oxygens (including phenoxy) is 2. The van der Waals surface area contributed by atoms with Gasteiger partial charge in [-0.25, -0.2) is 0 Å². The number of para-hydroxylation sites is 1. The van der Waals surface area contributed by atoms with Crippen LogP contribution in [-0.2, 0) is 0 Å². The maximum absolute atomic E-state index is 12.4. The van der Waals surface area contributed by atoms with Crippen LogP contribution in [0.4, 0.5) is 13.2 Å². The largest absolute Gasteiger partial charge is 0.573 e. The van der Waals surface area contributed by atoms with E-state index in [0.29, 0.717) is 10.6 Å². The highest BCUT2D eigenvalue weighted by Crippen LogP contribution is 2.37. The van der Waals surface area contributed by atoms with Crippen LogP contribution in [0.25, 0.3) is 0 Å². The van der Waals surface area contributed by atoms with E-state index in [4.69, 9.17) is 10.5 Å². The predicted molar refractivity (Wildman–Crippen MR) is 70.0 cm³/mol. The topological polar surface area (TPSA) is 44.5 Å². The van der Waals surface area contributed by atoms with Crippen LogP contribution in [0, 0.1) is 0 Å². The van der Waals surface area contributed by atoms with Crippen LogP contribution in [-0.4, -0.2) is 13.5 Å². The zero-order valence-electron chi connectivity index (χ0n) is 10.5. The summed E-state index contributed by atoms with van der Waals surface area (Å²) in [5.74, 6) is 0.243. The van der Waals surface area contributed by atoms with Gasteiger partial charge in [-0.1, -0.05) is 18.2 Å². The van der Waals surface area contributed by atoms with Crippen molar-refractivity contribution >= 4 is 11.3 Å². The fourth-order valence-electron chi connectivity index (χ4n) is 1.80. The number of thiophene rings is 1. The quantitative estimate of drug-likeness (QED) is 0.936. The molecule has 108 valence electrons. The molecule has 1 aromatic carbocycles. The van der Waals surface area contributed by atoms with Crippen LogP contribution in [0.2, 0.25) is 0 Å². The molecule has 0 saturated heterocycles. The Morgan fingerprint density at radius 2 is 1.85 bits per heavy atom. The third-order valence-electron chi connectivity index (χ3n) is 2.64. The average molecular weight is 303 g/mol. The van der Waals surface area contributed by atoms with Crippen molar-refractivity contribution in [3.8, 4) is 11.5 Å². The van der Waals surface area contributed by atoms with Gasteiger partial charge in [-0.05, 0) is 17.5 Å². The molecular formula is C13H12F3NO2S. The maximum Gasteiger partial charge on any atom is 0.573 e. The van der Waals surface area contributed by atoms with Gasteiger partial charge in [0.15, 0.2) is 0 Å². The Bertz CT molecular complexity index is 583. The molecular weight excluding hydrogens is 291 g/mol. The minimum Gasteiger partial charge on any atom is -0.496 e. The van der Waals surface area contributed by atoms with E-state index in [0.717, 1.165) is 0 Å². The van der Waals surface area contributed by atoms with Gasteiger partial charge in [-0.3, -0.25) is 0 Å². The van der Waals surface area contributed by atoms with E-state index in [1.807, 2.05) is 0 Å². The highest BCUT2D eigenvalue weighted by atomic mass is 32.1. The van der Waals surface area contributed by atoms with Gasteiger partial charge in [0.05, 0.1) is 18.0 Å². The normalized spacial score (nSPS) is 13.1. The first-order chi connectivity index (χ1) is 9.42. The summed E-state index contributed by atoms with van der Waals surface area (Å²) in [6, 6.07) is 6.78. The van der Waals surface area contributed by atoms with Crippen molar-refractivity contribution in [1.29, 1.82) is 0 Å². The molecule has 0 bridgehead atoms. The monoisotopic (exact) mass is 303 g/mol. The van der Waals surface area contributed by atoms with Crippen molar-refractivity contribution in [1.82, 2.24) is 0 Å². The predicted octanol–water partition coefficient (Wildman–Crippen LogP) is 3.70. The Balaban J connectivity index is 2.37. The van der Waals surface area contributed by atoms with Crippen LogP contribution >= 0.6 is 11.3 Å². The SMILES string of the molecule is COc1ccsc1C(N)c1ccccc1OC(F)(F)F. The van der Waals surface area contributed by atoms with Crippen LogP contribution in [0.15, 0.2) is 35.7 Å². The molecule has 20 heavy (non-hydrogen) atoms. The molecule has 1 heterocycles. The molecule has 0 aliphatic rings. The van der Waals surface area contributed by atoms with Gasteiger partial charge in [0.1, 0.15) is 11.5 Å². The molecule has 7 heteroatoms. The van der Waals surface area contributed by atoms with Crippen molar-refractivity contribution in [2.45, 2.75) is 12.4 Å². The van der Waals surface area contributed by atoms with Gasteiger partial charge in [0.2, 0.25) is 0 Å². The van der Waals surface area contributed by atoms with E-state index < -0.39 is 12.4 Å². The molecule has 0 amide bonds. The fourth-order valence-corrected chi connectivity index (χ4v) is 2.68. The minimum atomic E-state index is -4.75. The summed E-state index contributed by atoms with van der Waals surface area (Å²) in [5.41, 5.74) is 6.30. The number of alkyl halides is 3. The lowest BCUT2D eigenvalue weighted by atomic mass is 10.0. The van der Waals surface area contributed by atoms with Crippen molar-refractivity contribution in [2.75, 3.05) is 7.11 Å². The van der Waals surface area contributed by atoms with Gasteiger partial charge >= 0.3 is 6.36 Å². The minimum absolute atomic E-state index is 0.255. The molecule has 2 aromatic rings. The summed E-state index contributed by atoms with van der Waals surface area (Å²) in [6.45, 7) is 0. The number of rotatable bonds is 4. The second-order valence-electron chi connectivity index (χ2n) is 3.92. The van der Waals surface area contributed by atoms with E-state index in [2.05, 4.69) is 4.74 Å². The van der Waals surface area contributed by atoms with Gasteiger partial charge in [0.25, 0.3) is 0 Å². The summed E-state index contributed by atoms with van der Waals surface area (Å²) in [6.07, 6.45) is -4.75. The average Bonchev–Trinajstić information content (AvgIpc) is 2.85. The Kier molecular flexibility index (Phi) is 4.20. The lowest BCUT2D eigenvalue weighted by Gasteiger charge is -2.17. The number of halogens is 3. The van der Waals surface area contributed by atoms with E-state index in [-0.39, 0.29) is 11.3 Å². The summed E-state index contributed by atoms with van der Waals surface area (Å²) in [5, 5.41) is 1.77. The van der Waals surface area contributed by atoms with E-state index in [1.165, 1.54) is 36.6 Å². The van der Waals surface area contributed by atoms with Gasteiger partial charge in [0, 0.05) is 5.56 Å². The summed E-state index contributed by atoms with van der Waals surface area (Å²) in [7, 11) is 1.48. The fraction of sp³-hybridized carbons (Fsp3) is 0.231. The molecule has 0 aliphatic carbocycles. The number of hydrogen-bond donors (Lipinski definition) is 1. The number of nitrogens with two attached hydrogens (primary N) is 1. The Morgan fingerprint density at radius 3 is 2.50 bits per heavy atom. The molecule has 1 atom stereocenters. The maximum atomic E-state index is 12.4. The van der Waals surface area contributed by atoms with Crippen LogP contribution < -0.4 is 15.2 Å². The smallest absolute Gasteiger partial charge is 0.496 e.